The van der Waals surface area contributed by atoms with Gasteiger partial charge in [0, 0.05) is 17.0 Å². The minimum absolute atomic E-state index is 0.799. The van der Waals surface area contributed by atoms with Crippen molar-refractivity contribution in [3.63, 3.8) is 0 Å². The lowest BCUT2D eigenvalue weighted by Crippen LogP contribution is -2.24. The molecule has 1 aromatic heterocycles. The first-order chi connectivity index (χ1) is 5.83. The molecule has 2 nitrogen and oxygen atoms in total. The van der Waals surface area contributed by atoms with Crippen molar-refractivity contribution in [3.8, 4) is 0 Å². The molecule has 0 atom stereocenters. The van der Waals surface area contributed by atoms with E-state index in [1.807, 2.05) is 18.2 Å². The molecule has 0 unspecified atom stereocenters. The Labute approximate surface area is 80.2 Å². The van der Waals surface area contributed by atoms with E-state index in [1.54, 1.807) is 12.3 Å². The van der Waals surface area contributed by atoms with Crippen LogP contribution >= 0.6 is 15.9 Å². The zero-order valence-corrected chi connectivity index (χ0v) is 8.20. The van der Waals surface area contributed by atoms with Crippen molar-refractivity contribution in [3.05, 3.63) is 41.4 Å². The number of aromatic nitrogens is 1. The summed E-state index contributed by atoms with van der Waals surface area (Å²) in [6.45, 7) is 0. The van der Waals surface area contributed by atoms with Crippen molar-refractivity contribution >= 4 is 22.0 Å². The third kappa shape index (κ3) is 3.05. The highest BCUT2D eigenvalue weighted by molar-refractivity contribution is 9.09. The second kappa shape index (κ2) is 4.93. The maximum Gasteiger partial charge on any atom is 0.187 e. The highest BCUT2D eigenvalue weighted by atomic mass is 79.9. The van der Waals surface area contributed by atoms with Gasteiger partial charge in [0.05, 0.1) is 0 Å². The molecule has 3 heteroatoms. The van der Waals surface area contributed by atoms with Crippen molar-refractivity contribution in [1.82, 2.24) is 0 Å². The van der Waals surface area contributed by atoms with Gasteiger partial charge in [0.15, 0.2) is 12.4 Å². The molecule has 0 fully saturated rings. The molecular formula is C9H10BrNO. The Morgan fingerprint density at radius 3 is 3.08 bits per heavy atom. The molecule has 0 bridgehead atoms. The summed E-state index contributed by atoms with van der Waals surface area (Å²) >= 11 is 3.32. The summed E-state index contributed by atoms with van der Waals surface area (Å²) in [6, 6.07) is 3.64. The number of nitrogens with zero attached hydrogens (tertiary/aromatic N) is 1. The first-order valence-corrected chi connectivity index (χ1v) is 4.86. The standard InChI is InChI=1S/C9H10BrNO/c10-6-2-1-4-9-5-3-7-11(12)8-9/h1,3-5,7-8H,2,6H2. The van der Waals surface area contributed by atoms with Crippen LogP contribution in [0.2, 0.25) is 0 Å². The molecule has 0 aromatic carbocycles. The van der Waals surface area contributed by atoms with E-state index in [0.29, 0.717) is 0 Å². The summed E-state index contributed by atoms with van der Waals surface area (Å²) in [5.74, 6) is 0. The van der Waals surface area contributed by atoms with Crippen LogP contribution in [-0.4, -0.2) is 5.33 Å². The zero-order valence-electron chi connectivity index (χ0n) is 6.61. The Morgan fingerprint density at radius 2 is 2.42 bits per heavy atom. The van der Waals surface area contributed by atoms with Gasteiger partial charge in [-0.2, -0.15) is 4.73 Å². The van der Waals surface area contributed by atoms with E-state index < -0.39 is 0 Å². The molecule has 1 aromatic rings. The fourth-order valence-electron chi connectivity index (χ4n) is 0.853. The van der Waals surface area contributed by atoms with Crippen LogP contribution in [0.25, 0.3) is 6.08 Å². The zero-order chi connectivity index (χ0) is 8.81. The number of halogens is 1. The fraction of sp³-hybridized carbons (Fsp3) is 0.222. The number of allylic oxidation sites excluding steroid dienone is 1. The summed E-state index contributed by atoms with van der Waals surface area (Å²) in [5, 5.41) is 11.7. The van der Waals surface area contributed by atoms with E-state index in [4.69, 9.17) is 0 Å². The van der Waals surface area contributed by atoms with Crippen LogP contribution in [0.3, 0.4) is 0 Å². The number of pyridine rings is 1. The van der Waals surface area contributed by atoms with Gasteiger partial charge in [-0.05, 0) is 12.5 Å². The van der Waals surface area contributed by atoms with Gasteiger partial charge >= 0.3 is 0 Å². The van der Waals surface area contributed by atoms with Crippen LogP contribution in [0.15, 0.2) is 30.6 Å². The minimum atomic E-state index is 0.799. The lowest BCUT2D eigenvalue weighted by atomic mass is 10.2. The second-order valence-corrected chi connectivity index (χ2v) is 3.17. The van der Waals surface area contributed by atoms with Crippen molar-refractivity contribution in [2.75, 3.05) is 5.33 Å². The van der Waals surface area contributed by atoms with E-state index in [-0.39, 0.29) is 0 Å². The third-order valence-corrected chi connectivity index (χ3v) is 1.84. The van der Waals surface area contributed by atoms with Crippen LogP contribution in [0.4, 0.5) is 0 Å². The largest absolute Gasteiger partial charge is 0.619 e. The minimum Gasteiger partial charge on any atom is -0.619 e. The predicted molar refractivity (Wildman–Crippen MR) is 52.8 cm³/mol. The molecule has 0 amide bonds. The Kier molecular flexibility index (Phi) is 3.80. The number of rotatable bonds is 3. The first-order valence-electron chi connectivity index (χ1n) is 3.74. The smallest absolute Gasteiger partial charge is 0.187 e. The summed E-state index contributed by atoms with van der Waals surface area (Å²) in [7, 11) is 0. The van der Waals surface area contributed by atoms with Crippen molar-refractivity contribution in [1.29, 1.82) is 0 Å². The Balaban J connectivity index is 2.63. The number of hydrogen-bond acceptors (Lipinski definition) is 1. The van der Waals surface area contributed by atoms with Crippen molar-refractivity contribution in [2.24, 2.45) is 0 Å². The number of alkyl halides is 1. The SMILES string of the molecule is [O-][n+]1cccc(C=CCCBr)c1. The van der Waals surface area contributed by atoms with Gasteiger partial charge < -0.3 is 5.21 Å². The first kappa shape index (κ1) is 9.26. The molecule has 0 saturated heterocycles. The normalized spacial score (nSPS) is 10.8. The lowest BCUT2D eigenvalue weighted by molar-refractivity contribution is -0.605. The molecule has 0 radical (unpaired) electrons. The van der Waals surface area contributed by atoms with Crippen LogP contribution in [0.5, 0.6) is 0 Å². The predicted octanol–water partition coefficient (Wildman–Crippen LogP) is 2.12. The fourth-order valence-corrected chi connectivity index (χ4v) is 1.12. The monoisotopic (exact) mass is 227 g/mol. The molecule has 0 aliphatic rings. The molecule has 0 aliphatic carbocycles. The van der Waals surface area contributed by atoms with E-state index in [2.05, 4.69) is 15.9 Å². The van der Waals surface area contributed by atoms with E-state index in [1.165, 1.54) is 6.20 Å². The Hall–Kier alpha value is -0.830. The quantitative estimate of drug-likeness (QED) is 0.442. The highest BCUT2D eigenvalue weighted by Crippen LogP contribution is 1.99. The van der Waals surface area contributed by atoms with E-state index in [0.717, 1.165) is 22.0 Å². The van der Waals surface area contributed by atoms with Gasteiger partial charge in [0.2, 0.25) is 0 Å². The molecule has 0 spiro atoms. The summed E-state index contributed by atoms with van der Waals surface area (Å²) in [4.78, 5) is 0. The van der Waals surface area contributed by atoms with Gasteiger partial charge in [-0.25, -0.2) is 0 Å². The molecule has 0 saturated carbocycles. The molecule has 1 rings (SSSR count). The van der Waals surface area contributed by atoms with Crippen LogP contribution in [-0.2, 0) is 0 Å². The topological polar surface area (TPSA) is 26.9 Å². The molecule has 1 heterocycles. The van der Waals surface area contributed by atoms with Gasteiger partial charge in [0.25, 0.3) is 0 Å². The maximum atomic E-state index is 10.8. The second-order valence-electron chi connectivity index (χ2n) is 2.38. The van der Waals surface area contributed by atoms with Crippen molar-refractivity contribution < 1.29 is 4.73 Å². The molecule has 0 aliphatic heterocycles. The molecule has 12 heavy (non-hydrogen) atoms. The van der Waals surface area contributed by atoms with Crippen LogP contribution < -0.4 is 4.73 Å². The van der Waals surface area contributed by atoms with Gasteiger partial charge in [-0.1, -0.05) is 28.1 Å². The van der Waals surface area contributed by atoms with Gasteiger partial charge in [-0.15, -0.1) is 0 Å². The van der Waals surface area contributed by atoms with E-state index >= 15 is 0 Å². The summed E-state index contributed by atoms with van der Waals surface area (Å²) in [5.41, 5.74) is 0.938. The third-order valence-electron chi connectivity index (χ3n) is 1.38. The molecule has 0 N–H and O–H groups in total. The Bertz CT molecular complexity index is 273. The van der Waals surface area contributed by atoms with Gasteiger partial charge in [-0.3, -0.25) is 0 Å². The van der Waals surface area contributed by atoms with E-state index in [9.17, 15) is 5.21 Å². The van der Waals surface area contributed by atoms with Crippen LogP contribution in [0, 0.1) is 5.21 Å². The Morgan fingerprint density at radius 1 is 1.58 bits per heavy atom. The average molecular weight is 228 g/mol. The lowest BCUT2D eigenvalue weighted by Gasteiger charge is -1.94. The number of hydrogen-bond donors (Lipinski definition) is 0. The summed E-state index contributed by atoms with van der Waals surface area (Å²) < 4.78 is 0.799. The highest BCUT2D eigenvalue weighted by Gasteiger charge is 1.90. The summed E-state index contributed by atoms with van der Waals surface area (Å²) in [6.07, 6.45) is 7.97. The molecular weight excluding hydrogens is 218 g/mol. The van der Waals surface area contributed by atoms with Crippen LogP contribution in [0.1, 0.15) is 12.0 Å². The molecule has 64 valence electrons. The average Bonchev–Trinajstić information content (AvgIpc) is 2.05. The van der Waals surface area contributed by atoms with Crippen molar-refractivity contribution in [2.45, 2.75) is 6.42 Å². The maximum absolute atomic E-state index is 10.8. The van der Waals surface area contributed by atoms with Gasteiger partial charge in [0.1, 0.15) is 0 Å².